The molecule has 8 heteroatoms. The van der Waals surface area contributed by atoms with Gasteiger partial charge in [-0.15, -0.1) is 0 Å². The SMILES string of the molecule is Cc1ccc2c(c1)C(=O)N(CCS(=O)(=O)NCc1cccnc1)C2=O. The fourth-order valence-corrected chi connectivity index (χ4v) is 3.54. The maximum atomic E-state index is 12.3. The first-order valence-corrected chi connectivity index (χ1v) is 9.36. The van der Waals surface area contributed by atoms with Gasteiger partial charge in [0.2, 0.25) is 10.0 Å². The standard InChI is InChI=1S/C17H17N3O4S/c1-12-4-5-14-15(9-12)17(22)20(16(14)21)7-8-25(23,24)19-11-13-3-2-6-18-10-13/h2-6,9-10,19H,7-8,11H2,1H3. The van der Waals surface area contributed by atoms with Crippen molar-refractivity contribution in [3.05, 3.63) is 65.0 Å². The van der Waals surface area contributed by atoms with Crippen molar-refractivity contribution >= 4 is 21.8 Å². The van der Waals surface area contributed by atoms with Gasteiger partial charge in [-0.3, -0.25) is 19.5 Å². The lowest BCUT2D eigenvalue weighted by atomic mass is 10.1. The van der Waals surface area contributed by atoms with Crippen LogP contribution in [0.1, 0.15) is 31.8 Å². The summed E-state index contributed by atoms with van der Waals surface area (Å²) in [5.74, 6) is -1.26. The molecule has 2 amide bonds. The van der Waals surface area contributed by atoms with Crippen molar-refractivity contribution in [3.63, 3.8) is 0 Å². The third kappa shape index (κ3) is 3.75. The molecular weight excluding hydrogens is 342 g/mol. The Morgan fingerprint density at radius 1 is 1.12 bits per heavy atom. The fourth-order valence-electron chi connectivity index (χ4n) is 2.59. The maximum Gasteiger partial charge on any atom is 0.261 e. The molecule has 3 rings (SSSR count). The van der Waals surface area contributed by atoms with Crippen LogP contribution < -0.4 is 4.72 Å². The van der Waals surface area contributed by atoms with Crippen LogP contribution in [0.25, 0.3) is 0 Å². The number of sulfonamides is 1. The molecule has 0 spiro atoms. The summed E-state index contributed by atoms with van der Waals surface area (Å²) >= 11 is 0. The maximum absolute atomic E-state index is 12.3. The van der Waals surface area contributed by atoms with Crippen molar-refractivity contribution in [3.8, 4) is 0 Å². The van der Waals surface area contributed by atoms with Crippen LogP contribution in [0.4, 0.5) is 0 Å². The summed E-state index contributed by atoms with van der Waals surface area (Å²) in [6.45, 7) is 1.75. The largest absolute Gasteiger partial charge is 0.273 e. The van der Waals surface area contributed by atoms with Gasteiger partial charge in [-0.2, -0.15) is 0 Å². The summed E-state index contributed by atoms with van der Waals surface area (Å²) < 4.78 is 26.7. The molecule has 2 heterocycles. The molecule has 0 saturated carbocycles. The number of hydrogen-bond donors (Lipinski definition) is 1. The molecule has 0 radical (unpaired) electrons. The van der Waals surface area contributed by atoms with E-state index in [0.717, 1.165) is 16.0 Å². The number of rotatable bonds is 6. The van der Waals surface area contributed by atoms with Crippen molar-refractivity contribution in [2.75, 3.05) is 12.3 Å². The van der Waals surface area contributed by atoms with Crippen LogP contribution in [0.2, 0.25) is 0 Å². The lowest BCUT2D eigenvalue weighted by Crippen LogP contribution is -2.37. The minimum Gasteiger partial charge on any atom is -0.273 e. The highest BCUT2D eigenvalue weighted by atomic mass is 32.2. The first-order chi connectivity index (χ1) is 11.9. The third-order valence-corrected chi connectivity index (χ3v) is 5.23. The highest BCUT2D eigenvalue weighted by Crippen LogP contribution is 2.23. The zero-order chi connectivity index (χ0) is 18.0. The molecule has 1 aliphatic heterocycles. The van der Waals surface area contributed by atoms with E-state index in [-0.39, 0.29) is 18.8 Å². The van der Waals surface area contributed by atoms with Crippen molar-refractivity contribution in [1.29, 1.82) is 0 Å². The van der Waals surface area contributed by atoms with Gasteiger partial charge in [0.25, 0.3) is 11.8 Å². The molecule has 2 aromatic rings. The lowest BCUT2D eigenvalue weighted by Gasteiger charge is -2.14. The molecule has 7 nitrogen and oxygen atoms in total. The predicted octanol–water partition coefficient (Wildman–Crippen LogP) is 1.11. The molecular formula is C17H17N3O4S. The Morgan fingerprint density at radius 2 is 1.88 bits per heavy atom. The molecule has 1 aromatic heterocycles. The molecule has 1 aromatic carbocycles. The minimum absolute atomic E-state index is 0.109. The van der Waals surface area contributed by atoms with Gasteiger partial charge in [0.05, 0.1) is 16.9 Å². The molecule has 0 bridgehead atoms. The van der Waals surface area contributed by atoms with Gasteiger partial charge in [-0.1, -0.05) is 17.7 Å². The molecule has 0 atom stereocenters. The Hall–Kier alpha value is -2.58. The third-order valence-electron chi connectivity index (χ3n) is 3.93. The highest BCUT2D eigenvalue weighted by Gasteiger charge is 2.35. The number of imide groups is 1. The molecule has 1 N–H and O–H groups in total. The van der Waals surface area contributed by atoms with Crippen LogP contribution in [0.15, 0.2) is 42.7 Å². The van der Waals surface area contributed by atoms with Crippen molar-refractivity contribution in [1.82, 2.24) is 14.6 Å². The van der Waals surface area contributed by atoms with E-state index in [4.69, 9.17) is 0 Å². The molecule has 0 fully saturated rings. The Kier molecular flexibility index (Phi) is 4.65. The summed E-state index contributed by atoms with van der Waals surface area (Å²) in [4.78, 5) is 29.5. The summed E-state index contributed by atoms with van der Waals surface area (Å²) in [7, 11) is -3.63. The second-order valence-corrected chi connectivity index (χ2v) is 7.74. The van der Waals surface area contributed by atoms with Gasteiger partial charge >= 0.3 is 0 Å². The van der Waals surface area contributed by atoms with Crippen LogP contribution in [0.3, 0.4) is 0 Å². The van der Waals surface area contributed by atoms with Gasteiger partial charge in [0.1, 0.15) is 0 Å². The van der Waals surface area contributed by atoms with Gasteiger partial charge in [0.15, 0.2) is 0 Å². The quantitative estimate of drug-likeness (QED) is 0.779. The number of benzene rings is 1. The second-order valence-electron chi connectivity index (χ2n) is 5.81. The van der Waals surface area contributed by atoms with Crippen molar-refractivity contribution in [2.24, 2.45) is 0 Å². The molecule has 0 saturated heterocycles. The molecule has 0 unspecified atom stereocenters. The Balaban J connectivity index is 1.63. The zero-order valence-corrected chi connectivity index (χ0v) is 14.4. The Bertz CT molecular complexity index is 926. The smallest absolute Gasteiger partial charge is 0.261 e. The van der Waals surface area contributed by atoms with E-state index >= 15 is 0 Å². The van der Waals surface area contributed by atoms with E-state index in [1.807, 2.05) is 6.92 Å². The van der Waals surface area contributed by atoms with Crippen LogP contribution in [-0.2, 0) is 16.6 Å². The molecule has 0 aliphatic carbocycles. The monoisotopic (exact) mass is 359 g/mol. The van der Waals surface area contributed by atoms with E-state index in [9.17, 15) is 18.0 Å². The topological polar surface area (TPSA) is 96.4 Å². The average molecular weight is 359 g/mol. The lowest BCUT2D eigenvalue weighted by molar-refractivity contribution is 0.0664. The first-order valence-electron chi connectivity index (χ1n) is 7.70. The Labute approximate surface area is 145 Å². The number of nitrogens with one attached hydrogen (secondary N) is 1. The first kappa shape index (κ1) is 17.2. The van der Waals surface area contributed by atoms with Gasteiger partial charge in [-0.25, -0.2) is 13.1 Å². The number of hydrogen-bond acceptors (Lipinski definition) is 5. The van der Waals surface area contributed by atoms with E-state index in [2.05, 4.69) is 9.71 Å². The highest BCUT2D eigenvalue weighted by molar-refractivity contribution is 7.89. The number of nitrogens with zero attached hydrogens (tertiary/aromatic N) is 2. The number of aryl methyl sites for hydroxylation is 1. The number of amides is 2. The van der Waals surface area contributed by atoms with Crippen LogP contribution in [-0.4, -0.2) is 42.4 Å². The van der Waals surface area contributed by atoms with Gasteiger partial charge in [-0.05, 0) is 30.7 Å². The number of carbonyl (C=O) groups is 2. The fraction of sp³-hybridized carbons (Fsp3) is 0.235. The predicted molar refractivity (Wildman–Crippen MR) is 91.4 cm³/mol. The molecule has 130 valence electrons. The summed E-state index contributed by atoms with van der Waals surface area (Å²) in [6.07, 6.45) is 3.16. The summed E-state index contributed by atoms with van der Waals surface area (Å²) in [5, 5.41) is 0. The number of aromatic nitrogens is 1. The van der Waals surface area contributed by atoms with Crippen LogP contribution in [0.5, 0.6) is 0 Å². The zero-order valence-electron chi connectivity index (χ0n) is 13.6. The second kappa shape index (κ2) is 6.73. The minimum atomic E-state index is -3.63. The van der Waals surface area contributed by atoms with Crippen LogP contribution in [0, 0.1) is 6.92 Å². The van der Waals surface area contributed by atoms with Crippen molar-refractivity contribution in [2.45, 2.75) is 13.5 Å². The summed E-state index contributed by atoms with van der Waals surface area (Å²) in [5.41, 5.74) is 2.23. The normalized spacial score (nSPS) is 14.0. The Morgan fingerprint density at radius 3 is 2.60 bits per heavy atom. The molecule has 25 heavy (non-hydrogen) atoms. The summed E-state index contributed by atoms with van der Waals surface area (Å²) in [6, 6.07) is 8.46. The number of carbonyl (C=O) groups excluding carboxylic acids is 2. The van der Waals surface area contributed by atoms with Crippen LogP contribution >= 0.6 is 0 Å². The van der Waals surface area contributed by atoms with E-state index in [1.165, 1.54) is 0 Å². The number of fused-ring (bicyclic) bond motifs is 1. The number of pyridine rings is 1. The van der Waals surface area contributed by atoms with E-state index < -0.39 is 21.8 Å². The average Bonchev–Trinajstić information content (AvgIpc) is 2.83. The van der Waals surface area contributed by atoms with Gasteiger partial charge < -0.3 is 0 Å². The van der Waals surface area contributed by atoms with Crippen molar-refractivity contribution < 1.29 is 18.0 Å². The molecule has 1 aliphatic rings. The van der Waals surface area contributed by atoms with E-state index in [1.54, 1.807) is 42.7 Å². The van der Waals surface area contributed by atoms with Gasteiger partial charge in [0, 0.05) is 25.5 Å². The van der Waals surface area contributed by atoms with E-state index in [0.29, 0.717) is 11.1 Å².